The zero-order valence-corrected chi connectivity index (χ0v) is 8.96. The van der Waals surface area contributed by atoms with Crippen LogP contribution in [0.3, 0.4) is 0 Å². The first-order valence-corrected chi connectivity index (χ1v) is 5.06. The van der Waals surface area contributed by atoms with E-state index in [0.717, 1.165) is 13.0 Å². The van der Waals surface area contributed by atoms with Gasteiger partial charge < -0.3 is 0 Å². The van der Waals surface area contributed by atoms with E-state index in [4.69, 9.17) is 0 Å². The van der Waals surface area contributed by atoms with Crippen molar-refractivity contribution in [2.75, 3.05) is 6.54 Å². The highest BCUT2D eigenvalue weighted by Crippen LogP contribution is 2.27. The van der Waals surface area contributed by atoms with Crippen LogP contribution in [0.25, 0.3) is 0 Å². The minimum atomic E-state index is 0.231. The van der Waals surface area contributed by atoms with Crippen molar-refractivity contribution < 1.29 is 0 Å². The quantitative estimate of drug-likeness (QED) is 0.443. The molecule has 1 fully saturated rings. The molecule has 0 N–H and O–H groups in total. The Bertz CT molecular complexity index is 94.2. The smallest absolute Gasteiger partial charge is 0.0635 e. The Hall–Kier alpha value is 1.36. The molecule has 0 bridgehead atoms. The maximum Gasteiger partial charge on any atom is 0.0635 e. The molecule has 0 aromatic heterocycles. The molecular formula is C5H11NS4. The number of nitrogens with zero attached hydrogens (tertiary/aromatic N) is 1. The molecule has 1 saturated heterocycles. The van der Waals surface area contributed by atoms with Gasteiger partial charge in [0, 0.05) is 17.0 Å². The fraction of sp³-hybridized carbons (Fsp3) is 1.00. The Kier molecular flexibility index (Phi) is 3.63. The maximum atomic E-state index is 4.37. The lowest BCUT2D eigenvalue weighted by Gasteiger charge is -2.35. The van der Waals surface area contributed by atoms with Crippen molar-refractivity contribution in [3.8, 4) is 0 Å². The molecule has 0 spiro atoms. The minimum absolute atomic E-state index is 0.231. The number of thiol groups is 4. The van der Waals surface area contributed by atoms with Crippen LogP contribution in [0.4, 0.5) is 0 Å². The number of rotatable bonds is 0. The predicted octanol–water partition coefficient (Wildman–Crippen LogP) is 1.39. The lowest BCUT2D eigenvalue weighted by molar-refractivity contribution is 0.375. The van der Waals surface area contributed by atoms with Gasteiger partial charge in [0.05, 0.1) is 5.37 Å². The fourth-order valence-electron chi connectivity index (χ4n) is 0.930. The highest BCUT2D eigenvalue weighted by Gasteiger charge is 2.28. The largest absolute Gasteiger partial charge is 0.239 e. The third-order valence-electron chi connectivity index (χ3n) is 1.61. The summed E-state index contributed by atoms with van der Waals surface area (Å²) in [5.41, 5.74) is 0. The summed E-state index contributed by atoms with van der Waals surface area (Å²) in [5.74, 6) is 0. The molecular weight excluding hydrogens is 202 g/mol. The van der Waals surface area contributed by atoms with Crippen molar-refractivity contribution in [2.45, 2.75) is 22.3 Å². The molecule has 3 unspecified atom stereocenters. The summed E-state index contributed by atoms with van der Waals surface area (Å²) in [6.45, 7) is 0.856. The molecule has 0 amide bonds. The number of hydrogen-bond donors (Lipinski definition) is 4. The molecule has 10 heavy (non-hydrogen) atoms. The lowest BCUT2D eigenvalue weighted by Crippen LogP contribution is -2.41. The molecule has 1 heterocycles. The van der Waals surface area contributed by atoms with E-state index in [1.54, 1.807) is 0 Å². The SMILES string of the molecule is SC1CC(S)N(S)CC1S. The summed E-state index contributed by atoms with van der Waals surface area (Å²) in [6.07, 6.45) is 0.948. The van der Waals surface area contributed by atoms with E-state index in [-0.39, 0.29) is 5.37 Å². The van der Waals surface area contributed by atoms with E-state index in [1.807, 2.05) is 4.31 Å². The average Bonchev–Trinajstić information content (AvgIpc) is 1.84. The first kappa shape index (κ1) is 9.45. The summed E-state index contributed by atoms with van der Waals surface area (Å²) in [7, 11) is 0. The maximum absolute atomic E-state index is 4.37. The molecule has 1 rings (SSSR count). The molecule has 0 saturated carbocycles. The number of hydrogen-bond acceptors (Lipinski definition) is 5. The molecule has 0 radical (unpaired) electrons. The number of piperidine rings is 1. The third kappa shape index (κ3) is 2.17. The Balaban J connectivity index is 2.46. The van der Waals surface area contributed by atoms with Crippen molar-refractivity contribution in [2.24, 2.45) is 0 Å². The van der Waals surface area contributed by atoms with Crippen molar-refractivity contribution in [3.63, 3.8) is 0 Å². The van der Waals surface area contributed by atoms with Gasteiger partial charge in [-0.1, -0.05) is 12.8 Å². The van der Waals surface area contributed by atoms with Gasteiger partial charge in [0.15, 0.2) is 0 Å². The summed E-state index contributed by atoms with van der Waals surface area (Å²) >= 11 is 17.3. The molecule has 1 aliphatic heterocycles. The van der Waals surface area contributed by atoms with E-state index in [9.17, 15) is 0 Å². The van der Waals surface area contributed by atoms with Crippen molar-refractivity contribution in [1.29, 1.82) is 0 Å². The second-order valence-corrected chi connectivity index (χ2v) is 4.91. The summed E-state index contributed by atoms with van der Waals surface area (Å²) < 4.78 is 1.90. The van der Waals surface area contributed by atoms with Crippen molar-refractivity contribution >= 4 is 50.7 Å². The van der Waals surface area contributed by atoms with Crippen molar-refractivity contribution in [1.82, 2.24) is 4.31 Å². The van der Waals surface area contributed by atoms with Crippen molar-refractivity contribution in [3.05, 3.63) is 0 Å². The second kappa shape index (κ2) is 3.85. The first-order chi connectivity index (χ1) is 4.61. The summed E-state index contributed by atoms with van der Waals surface area (Å²) in [4.78, 5) is 0. The Morgan fingerprint density at radius 3 is 2.20 bits per heavy atom. The lowest BCUT2D eigenvalue weighted by atomic mass is 10.1. The van der Waals surface area contributed by atoms with E-state index in [0.29, 0.717) is 10.5 Å². The first-order valence-electron chi connectivity index (χ1n) is 3.11. The van der Waals surface area contributed by atoms with Gasteiger partial charge in [-0.15, -0.1) is 0 Å². The molecule has 0 aromatic rings. The van der Waals surface area contributed by atoms with Gasteiger partial charge in [-0.05, 0) is 6.42 Å². The van der Waals surface area contributed by atoms with Crippen LogP contribution in [0.1, 0.15) is 6.42 Å². The molecule has 1 aliphatic rings. The van der Waals surface area contributed by atoms with Crippen LogP contribution < -0.4 is 0 Å². The molecule has 0 aliphatic carbocycles. The molecule has 60 valence electrons. The van der Waals surface area contributed by atoms with Gasteiger partial charge in [0.2, 0.25) is 0 Å². The van der Waals surface area contributed by atoms with Gasteiger partial charge in [0.1, 0.15) is 0 Å². The molecule has 0 aromatic carbocycles. The highest BCUT2D eigenvalue weighted by molar-refractivity contribution is 7.85. The highest BCUT2D eigenvalue weighted by atomic mass is 32.1. The normalized spacial score (nSPS) is 43.8. The van der Waals surface area contributed by atoms with E-state index in [1.165, 1.54) is 0 Å². The molecule has 3 atom stereocenters. The van der Waals surface area contributed by atoms with Gasteiger partial charge in [-0.25, -0.2) is 4.31 Å². The monoisotopic (exact) mass is 213 g/mol. The Labute approximate surface area is 83.7 Å². The van der Waals surface area contributed by atoms with Crippen LogP contribution in [0.5, 0.6) is 0 Å². The fourth-order valence-corrected chi connectivity index (χ4v) is 2.41. The Morgan fingerprint density at radius 1 is 1.10 bits per heavy atom. The van der Waals surface area contributed by atoms with Gasteiger partial charge >= 0.3 is 0 Å². The average molecular weight is 213 g/mol. The molecule has 5 heteroatoms. The van der Waals surface area contributed by atoms with Crippen LogP contribution in [-0.2, 0) is 0 Å². The zero-order valence-electron chi connectivity index (χ0n) is 5.38. The van der Waals surface area contributed by atoms with Crippen LogP contribution in [0.15, 0.2) is 0 Å². The van der Waals surface area contributed by atoms with Crippen LogP contribution >= 0.6 is 50.7 Å². The third-order valence-corrected chi connectivity index (χ3v) is 4.06. The topological polar surface area (TPSA) is 3.24 Å². The Morgan fingerprint density at radius 2 is 1.70 bits per heavy atom. The molecule has 1 nitrogen and oxygen atoms in total. The summed E-state index contributed by atoms with van der Waals surface area (Å²) in [5, 5.41) is 0.910. The van der Waals surface area contributed by atoms with Gasteiger partial charge in [0.25, 0.3) is 0 Å². The van der Waals surface area contributed by atoms with Crippen LogP contribution in [0, 0.1) is 0 Å². The van der Waals surface area contributed by atoms with Gasteiger partial charge in [-0.2, -0.15) is 37.9 Å². The summed E-state index contributed by atoms with van der Waals surface area (Å²) in [6, 6.07) is 0. The van der Waals surface area contributed by atoms with Gasteiger partial charge in [-0.3, -0.25) is 0 Å². The zero-order chi connectivity index (χ0) is 7.72. The predicted molar refractivity (Wildman–Crippen MR) is 58.6 cm³/mol. The van der Waals surface area contributed by atoms with Crippen LogP contribution in [-0.4, -0.2) is 26.7 Å². The van der Waals surface area contributed by atoms with E-state index in [2.05, 4.69) is 50.7 Å². The van der Waals surface area contributed by atoms with Crippen LogP contribution in [0.2, 0.25) is 0 Å². The standard InChI is InChI=1S/C5H11NS4/c7-3-1-5(9)6(10)2-4(3)8/h3-5,7-10H,1-2H2. The minimum Gasteiger partial charge on any atom is -0.239 e. The van der Waals surface area contributed by atoms with E-state index < -0.39 is 0 Å². The van der Waals surface area contributed by atoms with E-state index >= 15 is 0 Å². The second-order valence-electron chi connectivity index (χ2n) is 2.47.